The van der Waals surface area contributed by atoms with Gasteiger partial charge in [0.2, 0.25) is 0 Å². The van der Waals surface area contributed by atoms with E-state index in [4.69, 9.17) is 0 Å². The van der Waals surface area contributed by atoms with E-state index in [9.17, 15) is 0 Å². The third kappa shape index (κ3) is 8.34. The molecule has 0 nitrogen and oxygen atoms in total. The zero-order valence-electron chi connectivity index (χ0n) is 21.7. The summed E-state index contributed by atoms with van der Waals surface area (Å²) in [6.07, 6.45) is 0. The topological polar surface area (TPSA) is 0 Å². The van der Waals surface area contributed by atoms with Gasteiger partial charge in [0, 0.05) is 17.1 Å². The quantitative estimate of drug-likeness (QED) is 0.222. The Morgan fingerprint density at radius 3 is 0.462 bits per heavy atom. The first kappa shape index (κ1) is 29.7. The first-order chi connectivity index (χ1) is 18.9. The number of rotatable bonds is 6. The molecule has 0 aliphatic carbocycles. The summed E-state index contributed by atoms with van der Waals surface area (Å²) in [6.45, 7) is 0. The maximum atomic E-state index is 2.29. The van der Waals surface area contributed by atoms with Gasteiger partial charge in [0.1, 0.15) is 0 Å². The fourth-order valence-electron chi connectivity index (χ4n) is 4.63. The Balaban J connectivity index is 0.000000176. The van der Waals surface area contributed by atoms with Crippen molar-refractivity contribution in [2.45, 2.75) is 0 Å². The van der Waals surface area contributed by atoms with Crippen LogP contribution in [-0.4, -0.2) is 62.5 Å². The molecule has 6 aromatic rings. The van der Waals surface area contributed by atoms with E-state index < -0.39 is 45.4 Å². The molecule has 0 heterocycles. The van der Waals surface area contributed by atoms with Gasteiger partial charge in [-0.2, -0.15) is 0 Å². The first-order valence-corrected chi connectivity index (χ1v) is 24.6. The molecular weight excluding hydrogens is 926 g/mol. The predicted octanol–water partition coefficient (Wildman–Crippen LogP) is 4.02. The van der Waals surface area contributed by atoms with Gasteiger partial charge in [0.15, 0.2) is 0 Å². The van der Waals surface area contributed by atoms with Crippen LogP contribution >= 0.6 is 0 Å². The van der Waals surface area contributed by atoms with Crippen LogP contribution in [0.15, 0.2) is 182 Å². The molecule has 0 saturated heterocycles. The molecule has 6 aromatic carbocycles. The summed E-state index contributed by atoms with van der Waals surface area (Å²) in [5.41, 5.74) is 0. The molecule has 0 spiro atoms. The Labute approximate surface area is 260 Å². The molecule has 4 radical (unpaired) electrons. The molecule has 0 aliphatic rings. The second-order valence-electron chi connectivity index (χ2n) is 8.95. The van der Waals surface area contributed by atoms with Gasteiger partial charge < -0.3 is 0 Å². The molecular formula is C36H30Pb2Se. The van der Waals surface area contributed by atoms with Crippen LogP contribution in [0.1, 0.15) is 0 Å². The fourth-order valence-corrected chi connectivity index (χ4v) is 24.7. The van der Waals surface area contributed by atoms with Crippen molar-refractivity contribution in [2.24, 2.45) is 0 Å². The molecule has 6 rings (SSSR count). The van der Waals surface area contributed by atoms with Crippen LogP contribution in [0.5, 0.6) is 0 Å². The summed E-state index contributed by atoms with van der Waals surface area (Å²) < 4.78 is 9.28. The van der Waals surface area contributed by atoms with E-state index in [1.165, 1.54) is 0 Å². The maximum absolute atomic E-state index is 2.29. The minimum atomic E-state index is -2.17. The van der Waals surface area contributed by atoms with Crippen LogP contribution in [0.4, 0.5) is 0 Å². The van der Waals surface area contributed by atoms with Crippen molar-refractivity contribution >= 4 is 81.2 Å². The van der Waals surface area contributed by atoms with Gasteiger partial charge in [-0.1, -0.05) is 0 Å². The number of hydrogen-bond donors (Lipinski definition) is 0. The Bertz CT molecular complexity index is 1170. The standard InChI is InChI=1S/6C6H5.2Pb.Se/c6*1-2-4-6-5-3-1;;;/h6*1-5H;;;. The zero-order chi connectivity index (χ0) is 25.8. The average molecular weight is 956 g/mol. The first-order valence-electron chi connectivity index (χ1n) is 13.0. The van der Waals surface area contributed by atoms with Gasteiger partial charge in [-0.3, -0.25) is 0 Å². The van der Waals surface area contributed by atoms with Gasteiger partial charge in [0.25, 0.3) is 0 Å². The van der Waals surface area contributed by atoms with E-state index in [1.54, 1.807) is 18.7 Å². The molecule has 0 aromatic heterocycles. The van der Waals surface area contributed by atoms with Gasteiger partial charge >= 0.3 is 246 Å². The average Bonchev–Trinajstić information content (AvgIpc) is 3.01. The van der Waals surface area contributed by atoms with E-state index in [0.717, 1.165) is 0 Å². The Kier molecular flexibility index (Phi) is 12.2. The van der Waals surface area contributed by atoms with Crippen LogP contribution in [-0.2, 0) is 0 Å². The molecule has 0 N–H and O–H groups in total. The van der Waals surface area contributed by atoms with E-state index in [2.05, 4.69) is 182 Å². The fraction of sp³-hybridized carbons (Fsp3) is 0. The van der Waals surface area contributed by atoms with Crippen LogP contribution in [0.2, 0.25) is 0 Å². The molecule has 0 unspecified atom stereocenters. The van der Waals surface area contributed by atoms with E-state index >= 15 is 0 Å². The molecule has 0 amide bonds. The number of benzene rings is 6. The third-order valence-electron chi connectivity index (χ3n) is 6.37. The van der Waals surface area contributed by atoms with Crippen molar-refractivity contribution in [3.8, 4) is 0 Å². The molecule has 0 aliphatic heterocycles. The van der Waals surface area contributed by atoms with Gasteiger partial charge in [-0.25, -0.2) is 0 Å². The van der Waals surface area contributed by atoms with Crippen molar-refractivity contribution in [3.63, 3.8) is 0 Å². The minimum absolute atomic E-state index is 0. The monoisotopic (exact) mass is 958 g/mol. The van der Waals surface area contributed by atoms with Gasteiger partial charge in [0.05, 0.1) is 0 Å². The molecule has 0 fully saturated rings. The summed E-state index contributed by atoms with van der Waals surface area (Å²) >= 11 is -4.34. The summed E-state index contributed by atoms with van der Waals surface area (Å²) in [6, 6.07) is 66.0. The SMILES string of the molecule is [Se].c1cc[c]([Pb]([c]2ccccc2)[c]2ccccc2)cc1.c1cc[c]([Pb]([c]2ccccc2)[c]2ccccc2)cc1. The summed E-state index contributed by atoms with van der Waals surface area (Å²) in [5, 5.41) is 0. The van der Waals surface area contributed by atoms with E-state index in [1.807, 2.05) is 0 Å². The third-order valence-corrected chi connectivity index (χ3v) is 27.6. The molecule has 188 valence electrons. The Morgan fingerprint density at radius 2 is 0.333 bits per heavy atom. The molecule has 0 saturated carbocycles. The second-order valence-corrected chi connectivity index (χ2v) is 28.2. The van der Waals surface area contributed by atoms with Gasteiger partial charge in [-0.15, -0.1) is 0 Å². The Morgan fingerprint density at radius 1 is 0.205 bits per heavy atom. The van der Waals surface area contributed by atoms with Crippen molar-refractivity contribution in [3.05, 3.63) is 182 Å². The van der Waals surface area contributed by atoms with Crippen molar-refractivity contribution in [2.75, 3.05) is 0 Å². The number of hydrogen-bond acceptors (Lipinski definition) is 0. The normalized spacial score (nSPS) is 10.3. The second kappa shape index (κ2) is 16.1. The van der Waals surface area contributed by atoms with E-state index in [0.29, 0.717) is 0 Å². The molecule has 0 atom stereocenters. The Hall–Kier alpha value is -2.32. The van der Waals surface area contributed by atoms with Crippen LogP contribution in [0, 0.1) is 0 Å². The van der Waals surface area contributed by atoms with Crippen LogP contribution in [0.25, 0.3) is 0 Å². The van der Waals surface area contributed by atoms with Crippen molar-refractivity contribution in [1.82, 2.24) is 0 Å². The predicted molar refractivity (Wildman–Crippen MR) is 174 cm³/mol. The summed E-state index contributed by atoms with van der Waals surface area (Å²) in [5.74, 6) is 0. The van der Waals surface area contributed by atoms with Crippen LogP contribution in [0.3, 0.4) is 0 Å². The summed E-state index contributed by atoms with van der Waals surface area (Å²) in [7, 11) is 0. The van der Waals surface area contributed by atoms with E-state index in [-0.39, 0.29) is 17.1 Å². The molecule has 0 bridgehead atoms. The zero-order valence-corrected chi connectivity index (χ0v) is 31.2. The molecule has 3 heteroatoms. The van der Waals surface area contributed by atoms with Crippen molar-refractivity contribution < 1.29 is 0 Å². The van der Waals surface area contributed by atoms with Crippen LogP contribution < -0.4 is 18.7 Å². The van der Waals surface area contributed by atoms with Crippen molar-refractivity contribution in [1.29, 1.82) is 0 Å². The van der Waals surface area contributed by atoms with Gasteiger partial charge in [-0.05, 0) is 0 Å². The molecule has 39 heavy (non-hydrogen) atoms. The summed E-state index contributed by atoms with van der Waals surface area (Å²) in [4.78, 5) is 0.